The van der Waals surface area contributed by atoms with Gasteiger partial charge in [-0.3, -0.25) is 4.79 Å². The summed E-state index contributed by atoms with van der Waals surface area (Å²) in [6, 6.07) is 0. The number of likely N-dealkylation sites (tertiary alicyclic amines) is 1. The molecule has 0 spiro atoms. The van der Waals surface area contributed by atoms with E-state index in [2.05, 4.69) is 17.2 Å². The van der Waals surface area contributed by atoms with Crippen LogP contribution in [0, 0.1) is 5.92 Å². The molecular formula is C13H22N4OS. The lowest BCUT2D eigenvalue weighted by molar-refractivity contribution is 0.0692. The molecule has 1 fully saturated rings. The van der Waals surface area contributed by atoms with Crippen LogP contribution in [0.25, 0.3) is 0 Å². The van der Waals surface area contributed by atoms with Crippen molar-refractivity contribution >= 4 is 28.2 Å². The van der Waals surface area contributed by atoms with Gasteiger partial charge in [-0.05, 0) is 18.8 Å². The summed E-state index contributed by atoms with van der Waals surface area (Å²) in [6.45, 7) is 3.90. The van der Waals surface area contributed by atoms with Crippen molar-refractivity contribution in [1.82, 2.24) is 9.88 Å². The number of nitrogen functional groups attached to an aromatic ring is 1. The third kappa shape index (κ3) is 3.18. The van der Waals surface area contributed by atoms with E-state index >= 15 is 0 Å². The van der Waals surface area contributed by atoms with E-state index in [4.69, 9.17) is 5.73 Å². The second-order valence-electron chi connectivity index (χ2n) is 5.01. The minimum atomic E-state index is 0.0337. The van der Waals surface area contributed by atoms with Crippen LogP contribution in [0.15, 0.2) is 0 Å². The van der Waals surface area contributed by atoms with Crippen molar-refractivity contribution in [3.05, 3.63) is 4.88 Å². The highest BCUT2D eigenvalue weighted by Crippen LogP contribution is 2.28. The molecule has 1 aliphatic rings. The molecule has 0 atom stereocenters. The molecule has 0 radical (unpaired) electrons. The summed E-state index contributed by atoms with van der Waals surface area (Å²) in [4.78, 5) is 19.0. The summed E-state index contributed by atoms with van der Waals surface area (Å²) in [5, 5.41) is 3.62. The first-order chi connectivity index (χ1) is 9.15. The highest BCUT2D eigenvalue weighted by molar-refractivity contribution is 7.18. The topological polar surface area (TPSA) is 71.2 Å². The number of rotatable bonds is 4. The number of nitrogens with one attached hydrogen (secondary N) is 1. The van der Waals surface area contributed by atoms with Crippen LogP contribution < -0.4 is 11.1 Å². The van der Waals surface area contributed by atoms with E-state index in [9.17, 15) is 4.79 Å². The van der Waals surface area contributed by atoms with Crippen molar-refractivity contribution in [2.45, 2.75) is 32.6 Å². The minimum absolute atomic E-state index is 0.0337. The molecule has 6 heteroatoms. The summed E-state index contributed by atoms with van der Waals surface area (Å²) in [6.07, 6.45) is 4.72. The third-order valence-corrected chi connectivity index (χ3v) is 4.74. The molecule has 0 unspecified atom stereocenters. The highest BCUT2D eigenvalue weighted by Gasteiger charge is 2.26. The maximum absolute atomic E-state index is 12.4. The van der Waals surface area contributed by atoms with Gasteiger partial charge in [-0.15, -0.1) is 0 Å². The Balaban J connectivity index is 1.99. The van der Waals surface area contributed by atoms with Gasteiger partial charge in [-0.25, -0.2) is 4.98 Å². The molecule has 2 heterocycles. The lowest BCUT2D eigenvalue weighted by Gasteiger charge is -2.31. The first kappa shape index (κ1) is 14.1. The van der Waals surface area contributed by atoms with E-state index in [1.165, 1.54) is 24.2 Å². The Morgan fingerprint density at radius 2 is 2.21 bits per heavy atom. The zero-order valence-corrected chi connectivity index (χ0v) is 12.4. The SMILES string of the molecule is CCCC1CCN(C(=O)c2sc(NC)nc2N)CC1. The Bertz CT molecular complexity index is 438. The Morgan fingerprint density at radius 1 is 1.53 bits per heavy atom. The molecule has 2 rings (SSSR count). The fraction of sp³-hybridized carbons (Fsp3) is 0.692. The molecule has 1 aromatic heterocycles. The average molecular weight is 282 g/mol. The second kappa shape index (κ2) is 6.23. The third-order valence-electron chi connectivity index (χ3n) is 3.66. The quantitative estimate of drug-likeness (QED) is 0.889. The van der Waals surface area contributed by atoms with Gasteiger partial charge in [-0.2, -0.15) is 0 Å². The number of carbonyl (C=O) groups is 1. The lowest BCUT2D eigenvalue weighted by Crippen LogP contribution is -2.38. The number of piperidine rings is 1. The van der Waals surface area contributed by atoms with Crippen LogP contribution in [0.5, 0.6) is 0 Å². The summed E-state index contributed by atoms with van der Waals surface area (Å²) in [5.74, 6) is 1.15. The number of hydrogen-bond donors (Lipinski definition) is 2. The van der Waals surface area contributed by atoms with E-state index in [1.54, 1.807) is 7.05 Å². The Hall–Kier alpha value is -1.30. The summed E-state index contributed by atoms with van der Waals surface area (Å²) in [5.41, 5.74) is 5.81. The average Bonchev–Trinajstić information content (AvgIpc) is 2.80. The van der Waals surface area contributed by atoms with E-state index in [0.29, 0.717) is 15.8 Å². The molecule has 1 saturated heterocycles. The van der Waals surface area contributed by atoms with Gasteiger partial charge in [0.1, 0.15) is 10.7 Å². The first-order valence-corrected chi connectivity index (χ1v) is 7.70. The monoisotopic (exact) mass is 282 g/mol. The number of nitrogens with two attached hydrogens (primary N) is 1. The number of carbonyl (C=O) groups excluding carboxylic acids is 1. The molecule has 106 valence electrons. The molecule has 0 saturated carbocycles. The van der Waals surface area contributed by atoms with Crippen LogP contribution in [-0.4, -0.2) is 35.9 Å². The van der Waals surface area contributed by atoms with E-state index in [-0.39, 0.29) is 5.91 Å². The maximum Gasteiger partial charge on any atom is 0.267 e. The van der Waals surface area contributed by atoms with Gasteiger partial charge in [-0.1, -0.05) is 31.1 Å². The van der Waals surface area contributed by atoms with Gasteiger partial charge in [0.05, 0.1) is 0 Å². The number of aromatic nitrogens is 1. The first-order valence-electron chi connectivity index (χ1n) is 6.89. The minimum Gasteiger partial charge on any atom is -0.382 e. The van der Waals surface area contributed by atoms with Crippen molar-refractivity contribution in [3.8, 4) is 0 Å². The standard InChI is InChI=1S/C13H22N4OS/c1-3-4-9-5-7-17(8-6-9)12(18)10-11(14)16-13(15-2)19-10/h9H,3-8,14H2,1-2H3,(H,15,16). The van der Waals surface area contributed by atoms with Gasteiger partial charge in [0.15, 0.2) is 5.13 Å². The van der Waals surface area contributed by atoms with E-state index in [1.807, 2.05) is 4.90 Å². The molecule has 5 nitrogen and oxygen atoms in total. The van der Waals surface area contributed by atoms with E-state index in [0.717, 1.165) is 31.8 Å². The fourth-order valence-corrected chi connectivity index (χ4v) is 3.37. The number of anilines is 2. The predicted octanol–water partition coefficient (Wildman–Crippen LogP) is 2.42. The van der Waals surface area contributed by atoms with Crippen molar-refractivity contribution in [3.63, 3.8) is 0 Å². The molecule has 1 aliphatic heterocycles. The van der Waals surface area contributed by atoms with Crippen molar-refractivity contribution in [2.75, 3.05) is 31.2 Å². The molecule has 19 heavy (non-hydrogen) atoms. The van der Waals surface area contributed by atoms with Gasteiger partial charge in [0, 0.05) is 20.1 Å². The highest BCUT2D eigenvalue weighted by atomic mass is 32.1. The predicted molar refractivity (Wildman–Crippen MR) is 79.6 cm³/mol. The fourth-order valence-electron chi connectivity index (χ4n) is 2.57. The van der Waals surface area contributed by atoms with Gasteiger partial charge in [0.25, 0.3) is 5.91 Å². The van der Waals surface area contributed by atoms with Crippen molar-refractivity contribution in [1.29, 1.82) is 0 Å². The van der Waals surface area contributed by atoms with Crippen LogP contribution in [0.1, 0.15) is 42.3 Å². The molecule has 0 aromatic carbocycles. The van der Waals surface area contributed by atoms with Crippen LogP contribution >= 0.6 is 11.3 Å². The zero-order valence-electron chi connectivity index (χ0n) is 11.6. The number of nitrogens with zero attached hydrogens (tertiary/aromatic N) is 2. The van der Waals surface area contributed by atoms with Crippen LogP contribution in [0.4, 0.5) is 10.9 Å². The van der Waals surface area contributed by atoms with Crippen molar-refractivity contribution < 1.29 is 4.79 Å². The molecule has 0 bridgehead atoms. The molecule has 1 aromatic rings. The van der Waals surface area contributed by atoms with Crippen LogP contribution in [0.2, 0.25) is 0 Å². The van der Waals surface area contributed by atoms with Gasteiger partial charge >= 0.3 is 0 Å². The zero-order chi connectivity index (χ0) is 13.8. The molecular weight excluding hydrogens is 260 g/mol. The number of amides is 1. The van der Waals surface area contributed by atoms with E-state index < -0.39 is 0 Å². The summed E-state index contributed by atoms with van der Waals surface area (Å²) < 4.78 is 0. The lowest BCUT2D eigenvalue weighted by atomic mass is 9.92. The van der Waals surface area contributed by atoms with Crippen molar-refractivity contribution in [2.24, 2.45) is 5.92 Å². The molecule has 0 aliphatic carbocycles. The number of thiazole rings is 1. The molecule has 3 N–H and O–H groups in total. The largest absolute Gasteiger partial charge is 0.382 e. The summed E-state index contributed by atoms with van der Waals surface area (Å²) >= 11 is 1.33. The van der Waals surface area contributed by atoms with Gasteiger partial charge in [0.2, 0.25) is 0 Å². The Labute approximate surface area is 118 Å². The van der Waals surface area contributed by atoms with Crippen LogP contribution in [-0.2, 0) is 0 Å². The summed E-state index contributed by atoms with van der Waals surface area (Å²) in [7, 11) is 1.78. The maximum atomic E-state index is 12.4. The second-order valence-corrected chi connectivity index (χ2v) is 6.01. The number of hydrogen-bond acceptors (Lipinski definition) is 5. The molecule has 1 amide bonds. The smallest absolute Gasteiger partial charge is 0.267 e. The van der Waals surface area contributed by atoms with Gasteiger partial charge < -0.3 is 16.0 Å². The normalized spacial score (nSPS) is 16.6. The van der Waals surface area contributed by atoms with Crippen LogP contribution in [0.3, 0.4) is 0 Å². The Morgan fingerprint density at radius 3 is 2.74 bits per heavy atom. The Kier molecular flexibility index (Phi) is 4.63.